The number of rotatable bonds is 7. The van der Waals surface area contributed by atoms with E-state index in [4.69, 9.17) is 14.3 Å². The first-order chi connectivity index (χ1) is 10.0. The summed E-state index contributed by atoms with van der Waals surface area (Å²) in [5.41, 5.74) is -1.76. The van der Waals surface area contributed by atoms with Gasteiger partial charge in [-0.05, 0) is 6.92 Å². The first-order valence-electron chi connectivity index (χ1n) is 6.10. The van der Waals surface area contributed by atoms with Gasteiger partial charge in [-0.3, -0.25) is 4.79 Å². The number of ether oxygens (including phenoxy) is 1. The predicted molar refractivity (Wildman–Crippen MR) is 75.0 cm³/mol. The fraction of sp³-hybridized carbons (Fsp3) is 0.500. The number of hydrogen-bond acceptors (Lipinski definition) is 6. The number of nitrogens with zero attached hydrogens (tertiary/aromatic N) is 1. The lowest BCUT2D eigenvalue weighted by molar-refractivity contribution is -0.145. The van der Waals surface area contributed by atoms with Crippen molar-refractivity contribution in [2.45, 2.75) is 17.6 Å². The minimum absolute atomic E-state index is 0.107. The molecule has 0 aromatic carbocycles. The molecule has 0 aliphatic rings. The Morgan fingerprint density at radius 1 is 1.45 bits per heavy atom. The smallest absolute Gasteiger partial charge is 0.331 e. The van der Waals surface area contributed by atoms with Crippen LogP contribution in [0.5, 0.6) is 0 Å². The minimum atomic E-state index is -3.81. The summed E-state index contributed by atoms with van der Waals surface area (Å²) in [5.74, 6) is -2.07. The van der Waals surface area contributed by atoms with Crippen molar-refractivity contribution in [2.75, 3.05) is 27.8 Å². The number of carbonyl (C=O) groups excluding carboxylic acids is 1. The number of carbonyl (C=O) groups is 2. The number of methoxy groups -OCH3 is 1. The molecule has 0 saturated carbocycles. The van der Waals surface area contributed by atoms with Crippen molar-refractivity contribution >= 4 is 21.9 Å². The highest BCUT2D eigenvalue weighted by atomic mass is 32.2. The van der Waals surface area contributed by atoms with E-state index in [1.807, 2.05) is 0 Å². The zero-order chi connectivity index (χ0) is 17.1. The first kappa shape index (κ1) is 18.1. The topological polar surface area (TPSA) is 126 Å². The van der Waals surface area contributed by atoms with E-state index in [9.17, 15) is 18.0 Å². The fourth-order valence-corrected chi connectivity index (χ4v) is 2.32. The molecule has 10 heteroatoms. The van der Waals surface area contributed by atoms with Gasteiger partial charge in [-0.25, -0.2) is 17.5 Å². The molecule has 22 heavy (non-hydrogen) atoms. The van der Waals surface area contributed by atoms with Gasteiger partial charge in [-0.1, -0.05) is 0 Å². The average molecular weight is 334 g/mol. The maximum atomic E-state index is 12.1. The van der Waals surface area contributed by atoms with Gasteiger partial charge in [0.15, 0.2) is 5.54 Å². The normalized spacial score (nSPS) is 14.6. The van der Waals surface area contributed by atoms with Crippen LogP contribution in [0.1, 0.15) is 17.3 Å². The molecule has 1 aromatic heterocycles. The van der Waals surface area contributed by atoms with Crippen LogP contribution in [0.25, 0.3) is 0 Å². The molecule has 1 atom stereocenters. The molecule has 9 nitrogen and oxygen atoms in total. The summed E-state index contributed by atoms with van der Waals surface area (Å²) in [6.45, 7) is 1.02. The lowest BCUT2D eigenvalue weighted by atomic mass is 10.0. The van der Waals surface area contributed by atoms with E-state index in [1.54, 1.807) is 0 Å². The molecule has 0 saturated heterocycles. The first-order valence-corrected chi connectivity index (χ1v) is 7.54. The third-order valence-corrected chi connectivity index (χ3v) is 4.55. The van der Waals surface area contributed by atoms with Crippen LogP contribution in [0.2, 0.25) is 0 Å². The third-order valence-electron chi connectivity index (χ3n) is 2.87. The fourth-order valence-electron chi connectivity index (χ4n) is 1.51. The summed E-state index contributed by atoms with van der Waals surface area (Å²) >= 11 is 0. The molecule has 0 aliphatic carbocycles. The van der Waals surface area contributed by atoms with Crippen LogP contribution in [-0.2, 0) is 19.6 Å². The van der Waals surface area contributed by atoms with Crippen LogP contribution >= 0.6 is 0 Å². The van der Waals surface area contributed by atoms with Crippen LogP contribution in [0.3, 0.4) is 0 Å². The number of sulfonamides is 1. The van der Waals surface area contributed by atoms with Gasteiger partial charge in [0.05, 0.1) is 12.2 Å². The summed E-state index contributed by atoms with van der Waals surface area (Å²) < 4.78 is 34.3. The lowest BCUT2D eigenvalue weighted by Gasteiger charge is -2.24. The van der Waals surface area contributed by atoms with Gasteiger partial charge in [0.2, 0.25) is 5.09 Å². The van der Waals surface area contributed by atoms with E-state index >= 15 is 0 Å². The van der Waals surface area contributed by atoms with Crippen LogP contribution in [0, 0.1) is 0 Å². The van der Waals surface area contributed by atoms with E-state index in [1.165, 1.54) is 28.1 Å². The van der Waals surface area contributed by atoms with E-state index in [0.717, 1.165) is 16.6 Å². The summed E-state index contributed by atoms with van der Waals surface area (Å²) in [6, 6.07) is 1.03. The highest BCUT2D eigenvalue weighted by Gasteiger charge is 2.36. The Hall–Kier alpha value is -1.91. The molecule has 0 spiro atoms. The Kier molecular flexibility index (Phi) is 5.33. The molecule has 2 N–H and O–H groups in total. The molecule has 1 heterocycles. The van der Waals surface area contributed by atoms with Gasteiger partial charge in [0, 0.05) is 27.3 Å². The Labute approximate surface area is 127 Å². The van der Waals surface area contributed by atoms with Crippen molar-refractivity contribution < 1.29 is 32.3 Å². The molecule has 1 aromatic rings. The third kappa shape index (κ3) is 3.64. The Morgan fingerprint density at radius 2 is 2.05 bits per heavy atom. The van der Waals surface area contributed by atoms with Crippen LogP contribution < -0.4 is 5.32 Å². The second-order valence-corrected chi connectivity index (χ2v) is 7.05. The second-order valence-electron chi connectivity index (χ2n) is 4.97. The van der Waals surface area contributed by atoms with E-state index in [-0.39, 0.29) is 12.2 Å². The zero-order valence-corrected chi connectivity index (χ0v) is 13.4. The Morgan fingerprint density at radius 3 is 2.50 bits per heavy atom. The highest BCUT2D eigenvalue weighted by molar-refractivity contribution is 7.88. The van der Waals surface area contributed by atoms with Crippen molar-refractivity contribution in [2.24, 2.45) is 0 Å². The lowest BCUT2D eigenvalue weighted by Crippen LogP contribution is -2.55. The van der Waals surface area contributed by atoms with Crippen LogP contribution in [-0.4, -0.2) is 63.1 Å². The van der Waals surface area contributed by atoms with Crippen molar-refractivity contribution in [1.82, 2.24) is 9.62 Å². The average Bonchev–Trinajstić information content (AvgIpc) is 2.88. The number of nitrogens with one attached hydrogen (secondary N) is 1. The van der Waals surface area contributed by atoms with Crippen molar-refractivity contribution in [3.05, 3.63) is 17.9 Å². The summed E-state index contributed by atoms with van der Waals surface area (Å²) in [6.07, 6.45) is 0.945. The maximum Gasteiger partial charge on any atom is 0.331 e. The molecule has 0 radical (unpaired) electrons. The predicted octanol–water partition coefficient (Wildman–Crippen LogP) is -0.251. The van der Waals surface area contributed by atoms with Gasteiger partial charge in [-0.15, -0.1) is 0 Å². The molecule has 1 amide bonds. The summed E-state index contributed by atoms with van der Waals surface area (Å²) in [7, 11) is 0.119. The molecule has 124 valence electrons. The number of hydrogen-bond donors (Lipinski definition) is 2. The van der Waals surface area contributed by atoms with Gasteiger partial charge < -0.3 is 19.6 Å². The maximum absolute atomic E-state index is 12.1. The number of aliphatic carboxylic acids is 1. The number of carboxylic acid groups (broad SMARTS) is 1. The van der Waals surface area contributed by atoms with Crippen LogP contribution in [0.15, 0.2) is 21.8 Å². The zero-order valence-electron chi connectivity index (χ0n) is 12.6. The number of carboxylic acids is 1. The number of furan rings is 1. The largest absolute Gasteiger partial charge is 0.479 e. The highest BCUT2D eigenvalue weighted by Crippen LogP contribution is 2.17. The molecule has 0 aliphatic heterocycles. The second kappa shape index (κ2) is 6.46. The van der Waals surface area contributed by atoms with Gasteiger partial charge in [0.1, 0.15) is 6.26 Å². The number of amides is 1. The van der Waals surface area contributed by atoms with E-state index < -0.39 is 32.5 Å². The van der Waals surface area contributed by atoms with Crippen LogP contribution in [0.4, 0.5) is 0 Å². The summed E-state index contributed by atoms with van der Waals surface area (Å²) in [5, 5.41) is 11.0. The van der Waals surface area contributed by atoms with Gasteiger partial charge in [-0.2, -0.15) is 0 Å². The van der Waals surface area contributed by atoms with E-state index in [2.05, 4.69) is 5.32 Å². The standard InChI is InChI=1S/C12H18N2O7S/c1-12(7-20-4,11(16)17)13-10(15)8-5-9(21-6-8)22(18,19)14(2)3/h5-6H,7H2,1-4H3,(H,13,15)(H,16,17). The van der Waals surface area contributed by atoms with Gasteiger partial charge in [0.25, 0.3) is 15.9 Å². The van der Waals surface area contributed by atoms with Gasteiger partial charge >= 0.3 is 5.97 Å². The Balaban J connectivity index is 3.01. The molecule has 0 bridgehead atoms. The van der Waals surface area contributed by atoms with Crippen molar-refractivity contribution in [3.8, 4) is 0 Å². The molecular formula is C12H18N2O7S. The summed E-state index contributed by atoms with van der Waals surface area (Å²) in [4.78, 5) is 23.3. The Bertz CT molecular complexity index is 665. The minimum Gasteiger partial charge on any atom is -0.479 e. The monoisotopic (exact) mass is 334 g/mol. The SMILES string of the molecule is COCC(C)(NC(=O)c1coc(S(=O)(=O)N(C)C)c1)C(=O)O. The molecular weight excluding hydrogens is 316 g/mol. The molecule has 0 fully saturated rings. The van der Waals surface area contributed by atoms with E-state index in [0.29, 0.717) is 0 Å². The van der Waals surface area contributed by atoms with Crippen molar-refractivity contribution in [1.29, 1.82) is 0 Å². The molecule has 1 unspecified atom stereocenters. The molecule has 1 rings (SSSR count). The quantitative estimate of drug-likeness (QED) is 0.704. The van der Waals surface area contributed by atoms with Crippen molar-refractivity contribution in [3.63, 3.8) is 0 Å².